The molecule has 2 N–H and O–H groups in total. The Hall–Kier alpha value is -3.38. The van der Waals surface area contributed by atoms with Gasteiger partial charge in [0.2, 0.25) is 0 Å². The van der Waals surface area contributed by atoms with Crippen LogP contribution < -0.4 is 15.4 Å². The van der Waals surface area contributed by atoms with Crippen molar-refractivity contribution in [2.75, 3.05) is 25.5 Å². The van der Waals surface area contributed by atoms with E-state index in [-0.39, 0.29) is 17.2 Å². The van der Waals surface area contributed by atoms with Gasteiger partial charge in [-0.15, -0.1) is 6.58 Å². The lowest BCUT2D eigenvalue weighted by molar-refractivity contribution is -0.143. The number of piperidine rings is 3. The lowest BCUT2D eigenvalue weighted by atomic mass is 9.73. The molecular weight excluding hydrogens is 566 g/mol. The number of hydrogen-bond acceptors (Lipinski definition) is 4. The summed E-state index contributed by atoms with van der Waals surface area (Å²) in [4.78, 5) is 6.80. The van der Waals surface area contributed by atoms with Crippen LogP contribution in [0.4, 0.5) is 32.0 Å². The van der Waals surface area contributed by atoms with Crippen LogP contribution in [0.3, 0.4) is 0 Å². The fourth-order valence-corrected chi connectivity index (χ4v) is 6.23. The normalized spacial score (nSPS) is 23.2. The fourth-order valence-electron chi connectivity index (χ4n) is 5.99. The average Bonchev–Trinajstić information content (AvgIpc) is 2.94. The van der Waals surface area contributed by atoms with Crippen molar-refractivity contribution in [1.82, 2.24) is 15.2 Å². The molecule has 5 atom stereocenters. The first-order valence-electron chi connectivity index (χ1n) is 13.0. The van der Waals surface area contributed by atoms with E-state index in [1.54, 1.807) is 19.4 Å². The Morgan fingerprint density at radius 2 is 1.80 bits per heavy atom. The first kappa shape index (κ1) is 29.1. The molecule has 3 unspecified atom stereocenters. The molecule has 3 aromatic rings. The van der Waals surface area contributed by atoms with Crippen LogP contribution in [-0.4, -0.2) is 41.2 Å². The number of aromatic nitrogens is 1. The van der Waals surface area contributed by atoms with Gasteiger partial charge in [-0.05, 0) is 91.5 Å². The van der Waals surface area contributed by atoms with E-state index in [0.29, 0.717) is 35.2 Å². The van der Waals surface area contributed by atoms with Gasteiger partial charge in [0.05, 0.1) is 29.8 Å². The molecule has 0 spiro atoms. The molecule has 3 saturated heterocycles. The van der Waals surface area contributed by atoms with Crippen molar-refractivity contribution in [2.24, 2.45) is 11.8 Å². The quantitative estimate of drug-likeness (QED) is 0.179. The summed E-state index contributed by atoms with van der Waals surface area (Å²) in [5, 5.41) is 6.52. The summed E-state index contributed by atoms with van der Waals surface area (Å²) >= 11 is 5.50. The number of nitrogens with zero attached hydrogens (tertiary/aromatic N) is 2. The first-order valence-corrected chi connectivity index (χ1v) is 13.4. The maximum atomic E-state index is 13.4. The molecule has 41 heavy (non-hydrogen) atoms. The number of methoxy groups -OCH3 is 1. The maximum Gasteiger partial charge on any atom is 0.416 e. The number of benzene rings is 2. The van der Waals surface area contributed by atoms with Gasteiger partial charge in [-0.3, -0.25) is 9.88 Å². The third-order valence-corrected chi connectivity index (χ3v) is 8.21. The van der Waals surface area contributed by atoms with Crippen molar-refractivity contribution in [3.63, 3.8) is 0 Å². The van der Waals surface area contributed by atoms with Gasteiger partial charge in [-0.25, -0.2) is 0 Å². The predicted octanol–water partition coefficient (Wildman–Crippen LogP) is 7.21. The van der Waals surface area contributed by atoms with Crippen molar-refractivity contribution < 1.29 is 31.1 Å². The first-order chi connectivity index (χ1) is 19.4. The molecule has 3 aliphatic heterocycles. The molecule has 12 heteroatoms. The van der Waals surface area contributed by atoms with Gasteiger partial charge < -0.3 is 15.4 Å². The molecule has 5 nitrogen and oxygen atoms in total. The number of fused-ring (bicyclic) bond motifs is 4. The topological polar surface area (TPSA) is 49.4 Å². The van der Waals surface area contributed by atoms with Crippen LogP contribution in [0.2, 0.25) is 0 Å². The third kappa shape index (κ3) is 6.13. The predicted molar refractivity (Wildman–Crippen MR) is 149 cm³/mol. The molecule has 3 aliphatic rings. The Labute approximate surface area is 238 Å². The zero-order chi connectivity index (χ0) is 29.5. The molecule has 6 rings (SSSR count). The zero-order valence-electron chi connectivity index (χ0n) is 22.0. The Morgan fingerprint density at radius 1 is 1.10 bits per heavy atom. The van der Waals surface area contributed by atoms with Crippen LogP contribution in [-0.2, 0) is 12.4 Å². The number of ether oxygens (including phenoxy) is 1. The number of anilines is 1. The lowest BCUT2D eigenvalue weighted by Crippen LogP contribution is -2.57. The minimum Gasteiger partial charge on any atom is -0.497 e. The standard InChI is InChI=1S/C29H28F6N4OS/c1-3-16-15-39-9-7-17(16)10-25(39)26(22-6-8-36-24-5-4-21(40-2)14-23(22)24)38-27(41)37-20-12-18(28(30,31)32)11-19(13-20)29(33,34)35/h3-6,8,11-14,16-17,25-26H,1,7,9-10,15H2,2H3,(H2,37,38,41)/t16?,17?,25-,26+/m1/s1. The molecule has 0 amide bonds. The smallest absolute Gasteiger partial charge is 0.416 e. The SMILES string of the molecule is C=CC1CN2CCC1C[C@@H]2[C@@H](NC(=S)Nc1cc(C(F)(F)F)cc(C(F)(F)F)c1)c1ccnc2ccc(OC)cc12. The van der Waals surface area contributed by atoms with Crippen molar-refractivity contribution >= 4 is 33.9 Å². The van der Waals surface area contributed by atoms with Crippen LogP contribution in [0.1, 0.15) is 35.6 Å². The third-order valence-electron chi connectivity index (χ3n) is 7.99. The van der Waals surface area contributed by atoms with E-state index < -0.39 is 35.2 Å². The Morgan fingerprint density at radius 3 is 2.39 bits per heavy atom. The van der Waals surface area contributed by atoms with Crippen molar-refractivity contribution in [1.29, 1.82) is 0 Å². The van der Waals surface area contributed by atoms with E-state index in [9.17, 15) is 26.3 Å². The summed E-state index contributed by atoms with van der Waals surface area (Å²) < 4.78 is 86.0. The summed E-state index contributed by atoms with van der Waals surface area (Å²) in [7, 11) is 1.55. The fraction of sp³-hybridized carbons (Fsp3) is 0.379. The van der Waals surface area contributed by atoms with Gasteiger partial charge >= 0.3 is 12.4 Å². The Bertz CT molecular complexity index is 1430. The molecule has 0 aliphatic carbocycles. The van der Waals surface area contributed by atoms with Gasteiger partial charge in [0.1, 0.15) is 5.75 Å². The van der Waals surface area contributed by atoms with Crippen LogP contribution in [0, 0.1) is 11.8 Å². The van der Waals surface area contributed by atoms with Crippen LogP contribution >= 0.6 is 12.2 Å². The second kappa shape index (κ2) is 11.1. The number of hydrogen-bond donors (Lipinski definition) is 2. The molecular formula is C29H28F6N4OS. The second-order valence-corrected chi connectivity index (χ2v) is 10.8. The summed E-state index contributed by atoms with van der Waals surface area (Å²) in [6, 6.07) is 8.15. The highest BCUT2D eigenvalue weighted by molar-refractivity contribution is 7.80. The average molecular weight is 595 g/mol. The molecule has 218 valence electrons. The number of alkyl halides is 6. The number of halogens is 6. The molecule has 4 heterocycles. The van der Waals surface area contributed by atoms with E-state index >= 15 is 0 Å². The van der Waals surface area contributed by atoms with Gasteiger partial charge in [0, 0.05) is 29.9 Å². The second-order valence-electron chi connectivity index (χ2n) is 10.4. The number of rotatable bonds is 6. The van der Waals surface area contributed by atoms with Gasteiger partial charge in [-0.2, -0.15) is 26.3 Å². The molecule has 0 saturated carbocycles. The number of thiocarbonyl (C=S) groups is 1. The van der Waals surface area contributed by atoms with E-state index in [4.69, 9.17) is 17.0 Å². The van der Waals surface area contributed by atoms with E-state index in [2.05, 4.69) is 27.1 Å². The van der Waals surface area contributed by atoms with Crippen molar-refractivity contribution in [3.8, 4) is 5.75 Å². The highest BCUT2D eigenvalue weighted by atomic mass is 32.1. The minimum absolute atomic E-state index is 0.0475. The maximum absolute atomic E-state index is 13.4. The minimum atomic E-state index is -4.97. The van der Waals surface area contributed by atoms with E-state index in [1.807, 2.05) is 24.3 Å². The van der Waals surface area contributed by atoms with Gasteiger partial charge in [-0.1, -0.05) is 6.08 Å². The molecule has 1 aromatic heterocycles. The summed E-state index contributed by atoms with van der Waals surface area (Å²) in [5.74, 6) is 1.35. The van der Waals surface area contributed by atoms with E-state index in [0.717, 1.165) is 36.9 Å². The Balaban J connectivity index is 1.51. The van der Waals surface area contributed by atoms with Crippen LogP contribution in [0.15, 0.2) is 61.3 Å². The molecule has 3 fully saturated rings. The lowest BCUT2D eigenvalue weighted by Gasteiger charge is -2.52. The summed E-state index contributed by atoms with van der Waals surface area (Å²) in [5.41, 5.74) is -1.71. The monoisotopic (exact) mass is 594 g/mol. The summed E-state index contributed by atoms with van der Waals surface area (Å²) in [6.07, 6.45) is -4.48. The van der Waals surface area contributed by atoms with Crippen molar-refractivity contribution in [2.45, 2.75) is 37.3 Å². The molecule has 0 radical (unpaired) electrons. The van der Waals surface area contributed by atoms with Gasteiger partial charge in [0.25, 0.3) is 0 Å². The number of nitrogens with one attached hydrogen (secondary N) is 2. The number of pyridine rings is 1. The van der Waals surface area contributed by atoms with Crippen LogP contribution in [0.5, 0.6) is 5.75 Å². The van der Waals surface area contributed by atoms with E-state index in [1.165, 1.54) is 0 Å². The van der Waals surface area contributed by atoms with Crippen molar-refractivity contribution in [3.05, 3.63) is 78.0 Å². The highest BCUT2D eigenvalue weighted by Crippen LogP contribution is 2.43. The highest BCUT2D eigenvalue weighted by Gasteiger charge is 2.43. The molecule has 2 bridgehead atoms. The summed E-state index contributed by atoms with van der Waals surface area (Å²) in [6.45, 7) is 5.63. The Kier molecular flexibility index (Phi) is 7.90. The van der Waals surface area contributed by atoms with Crippen LogP contribution in [0.25, 0.3) is 10.9 Å². The molecule has 2 aromatic carbocycles. The van der Waals surface area contributed by atoms with Gasteiger partial charge in [0.15, 0.2) is 5.11 Å². The zero-order valence-corrected chi connectivity index (χ0v) is 22.8. The largest absolute Gasteiger partial charge is 0.497 e.